The summed E-state index contributed by atoms with van der Waals surface area (Å²) in [6.07, 6.45) is -0.606. The third-order valence-corrected chi connectivity index (χ3v) is 3.73. The van der Waals surface area contributed by atoms with E-state index in [0.29, 0.717) is 17.9 Å². The first-order valence-corrected chi connectivity index (χ1v) is 7.93. The fourth-order valence-electron chi connectivity index (χ4n) is 2.55. The molecule has 2 atom stereocenters. The van der Waals surface area contributed by atoms with Gasteiger partial charge in [-0.1, -0.05) is 26.0 Å². The topological polar surface area (TPSA) is 105 Å². The molecule has 0 radical (unpaired) electrons. The molecule has 130 valence electrons. The normalized spacial score (nSPS) is 17.5. The van der Waals surface area contributed by atoms with Crippen molar-refractivity contribution in [1.29, 1.82) is 0 Å². The Hall–Kier alpha value is -2.57. The van der Waals surface area contributed by atoms with Crippen molar-refractivity contribution in [2.45, 2.75) is 32.8 Å². The van der Waals surface area contributed by atoms with Crippen LogP contribution in [0.2, 0.25) is 0 Å². The van der Waals surface area contributed by atoms with Gasteiger partial charge in [0.1, 0.15) is 5.75 Å². The summed E-state index contributed by atoms with van der Waals surface area (Å²) in [6, 6.07) is 6.97. The molecule has 0 bridgehead atoms. The molecule has 0 aromatic heterocycles. The molecule has 0 saturated carbocycles. The number of anilines is 1. The van der Waals surface area contributed by atoms with E-state index in [-0.39, 0.29) is 24.8 Å². The van der Waals surface area contributed by atoms with Crippen LogP contribution in [-0.2, 0) is 14.4 Å². The van der Waals surface area contributed by atoms with Gasteiger partial charge in [0.25, 0.3) is 5.91 Å². The number of amides is 2. The molecule has 7 nitrogen and oxygen atoms in total. The van der Waals surface area contributed by atoms with Crippen molar-refractivity contribution in [2.24, 2.45) is 11.8 Å². The average molecular weight is 334 g/mol. The van der Waals surface area contributed by atoms with Crippen molar-refractivity contribution in [1.82, 2.24) is 5.32 Å². The number of fused-ring (bicyclic) bond motifs is 1. The van der Waals surface area contributed by atoms with Gasteiger partial charge < -0.3 is 20.5 Å². The van der Waals surface area contributed by atoms with Crippen LogP contribution in [-0.4, -0.2) is 35.5 Å². The lowest BCUT2D eigenvalue weighted by molar-refractivity contribution is -0.142. The van der Waals surface area contributed by atoms with Crippen LogP contribution in [0.1, 0.15) is 26.7 Å². The van der Waals surface area contributed by atoms with Gasteiger partial charge in [0, 0.05) is 6.54 Å². The highest BCUT2D eigenvalue weighted by Gasteiger charge is 2.30. The van der Waals surface area contributed by atoms with E-state index in [0.717, 1.165) is 0 Å². The van der Waals surface area contributed by atoms with E-state index in [1.54, 1.807) is 24.3 Å². The van der Waals surface area contributed by atoms with Crippen LogP contribution in [0.5, 0.6) is 5.75 Å². The number of carboxylic acid groups (broad SMARTS) is 1. The van der Waals surface area contributed by atoms with Gasteiger partial charge in [0.05, 0.1) is 18.0 Å². The number of para-hydroxylation sites is 2. The fraction of sp³-hybridized carbons (Fsp3) is 0.471. The number of carbonyl (C=O) groups excluding carboxylic acids is 2. The van der Waals surface area contributed by atoms with E-state index in [1.165, 1.54) is 0 Å². The van der Waals surface area contributed by atoms with Crippen molar-refractivity contribution in [2.75, 3.05) is 11.9 Å². The molecule has 1 aliphatic heterocycles. The maximum atomic E-state index is 12.0. The minimum atomic E-state index is -0.940. The van der Waals surface area contributed by atoms with Crippen LogP contribution in [0.25, 0.3) is 0 Å². The molecule has 0 saturated heterocycles. The first-order chi connectivity index (χ1) is 11.4. The Bertz CT molecular complexity index is 629. The van der Waals surface area contributed by atoms with Crippen LogP contribution in [0, 0.1) is 11.8 Å². The zero-order valence-corrected chi connectivity index (χ0v) is 13.7. The number of benzene rings is 1. The SMILES string of the molecule is CC(C)CC(CNC(=O)CC1Oc2ccccc2NC1=O)C(=O)O. The highest BCUT2D eigenvalue weighted by Crippen LogP contribution is 2.29. The molecule has 1 aromatic carbocycles. The van der Waals surface area contributed by atoms with Gasteiger partial charge in [-0.25, -0.2) is 0 Å². The number of carbonyl (C=O) groups is 3. The van der Waals surface area contributed by atoms with Gasteiger partial charge in [0.15, 0.2) is 6.10 Å². The monoisotopic (exact) mass is 334 g/mol. The average Bonchev–Trinajstić information content (AvgIpc) is 2.51. The van der Waals surface area contributed by atoms with Crippen molar-refractivity contribution in [3.63, 3.8) is 0 Å². The second-order valence-corrected chi connectivity index (χ2v) is 6.26. The molecular weight excluding hydrogens is 312 g/mol. The molecule has 2 rings (SSSR count). The Labute approximate surface area is 140 Å². The lowest BCUT2D eigenvalue weighted by Crippen LogP contribution is -2.42. The Morgan fingerprint density at radius 2 is 2.04 bits per heavy atom. The number of rotatable bonds is 7. The highest BCUT2D eigenvalue weighted by molar-refractivity contribution is 5.99. The third-order valence-electron chi connectivity index (χ3n) is 3.73. The minimum Gasteiger partial charge on any atom is -0.481 e. The van der Waals surface area contributed by atoms with E-state index in [9.17, 15) is 14.4 Å². The first-order valence-electron chi connectivity index (χ1n) is 7.93. The molecular formula is C17H22N2O5. The summed E-state index contributed by atoms with van der Waals surface area (Å²) in [5, 5.41) is 14.4. The maximum Gasteiger partial charge on any atom is 0.308 e. The number of nitrogens with one attached hydrogen (secondary N) is 2. The Morgan fingerprint density at radius 3 is 2.71 bits per heavy atom. The predicted octanol–water partition coefficient (Wildman–Crippen LogP) is 1.64. The number of ether oxygens (including phenoxy) is 1. The lowest BCUT2D eigenvalue weighted by Gasteiger charge is -2.25. The molecule has 2 unspecified atom stereocenters. The van der Waals surface area contributed by atoms with Gasteiger partial charge in [-0.15, -0.1) is 0 Å². The van der Waals surface area contributed by atoms with Gasteiger partial charge in [-0.05, 0) is 24.5 Å². The zero-order chi connectivity index (χ0) is 17.7. The van der Waals surface area contributed by atoms with Crippen LogP contribution < -0.4 is 15.4 Å². The standard InChI is InChI=1S/C17H22N2O5/c1-10(2)7-11(17(22)23)9-18-15(20)8-14-16(21)19-12-5-3-4-6-13(12)24-14/h3-6,10-11,14H,7-9H2,1-2H3,(H,18,20)(H,19,21)(H,22,23). The van der Waals surface area contributed by atoms with E-state index in [4.69, 9.17) is 9.84 Å². The molecule has 0 fully saturated rings. The largest absolute Gasteiger partial charge is 0.481 e. The van der Waals surface area contributed by atoms with Gasteiger partial charge >= 0.3 is 5.97 Å². The summed E-state index contributed by atoms with van der Waals surface area (Å²) in [7, 11) is 0. The van der Waals surface area contributed by atoms with Crippen molar-refractivity contribution in [3.8, 4) is 5.75 Å². The van der Waals surface area contributed by atoms with E-state index in [2.05, 4.69) is 10.6 Å². The second kappa shape index (κ2) is 7.81. The van der Waals surface area contributed by atoms with Gasteiger partial charge in [-0.2, -0.15) is 0 Å². The quantitative estimate of drug-likeness (QED) is 0.703. The van der Waals surface area contributed by atoms with Gasteiger partial charge in [0.2, 0.25) is 5.91 Å². The van der Waals surface area contributed by atoms with Crippen LogP contribution in [0.4, 0.5) is 5.69 Å². The zero-order valence-electron chi connectivity index (χ0n) is 13.7. The molecule has 0 aliphatic carbocycles. The molecule has 0 spiro atoms. The Kier molecular flexibility index (Phi) is 5.78. The molecule has 1 aromatic rings. The summed E-state index contributed by atoms with van der Waals surface area (Å²) >= 11 is 0. The van der Waals surface area contributed by atoms with Crippen molar-refractivity contribution in [3.05, 3.63) is 24.3 Å². The number of aliphatic carboxylic acids is 1. The first kappa shape index (κ1) is 17.8. The van der Waals surface area contributed by atoms with Crippen LogP contribution >= 0.6 is 0 Å². The van der Waals surface area contributed by atoms with E-state index < -0.39 is 23.9 Å². The summed E-state index contributed by atoms with van der Waals surface area (Å²) < 4.78 is 5.54. The number of carboxylic acids is 1. The van der Waals surface area contributed by atoms with Crippen LogP contribution in [0.3, 0.4) is 0 Å². The predicted molar refractivity (Wildman–Crippen MR) is 87.7 cm³/mol. The van der Waals surface area contributed by atoms with Crippen molar-refractivity contribution < 1.29 is 24.2 Å². The van der Waals surface area contributed by atoms with Crippen molar-refractivity contribution >= 4 is 23.5 Å². The molecule has 3 N–H and O–H groups in total. The van der Waals surface area contributed by atoms with Gasteiger partial charge in [-0.3, -0.25) is 14.4 Å². The van der Waals surface area contributed by atoms with E-state index >= 15 is 0 Å². The number of hydrogen-bond acceptors (Lipinski definition) is 4. The lowest BCUT2D eigenvalue weighted by atomic mass is 9.97. The smallest absolute Gasteiger partial charge is 0.308 e. The molecule has 7 heteroatoms. The minimum absolute atomic E-state index is 0.0390. The summed E-state index contributed by atoms with van der Waals surface area (Å²) in [5.74, 6) is -1.66. The second-order valence-electron chi connectivity index (χ2n) is 6.26. The molecule has 24 heavy (non-hydrogen) atoms. The van der Waals surface area contributed by atoms with Crippen LogP contribution in [0.15, 0.2) is 24.3 Å². The maximum absolute atomic E-state index is 12.0. The Balaban J connectivity index is 1.88. The summed E-state index contributed by atoms with van der Waals surface area (Å²) in [5.41, 5.74) is 0.571. The third kappa shape index (κ3) is 4.71. The molecule has 1 heterocycles. The molecule has 1 aliphatic rings. The number of hydrogen-bond donors (Lipinski definition) is 3. The summed E-state index contributed by atoms with van der Waals surface area (Å²) in [4.78, 5) is 35.2. The summed E-state index contributed by atoms with van der Waals surface area (Å²) in [6.45, 7) is 3.89. The highest BCUT2D eigenvalue weighted by atomic mass is 16.5. The van der Waals surface area contributed by atoms with E-state index in [1.807, 2.05) is 13.8 Å². The Morgan fingerprint density at radius 1 is 1.33 bits per heavy atom. The fourth-order valence-corrected chi connectivity index (χ4v) is 2.55. The molecule has 2 amide bonds.